The maximum Gasteiger partial charge on any atom is 0.375 e. The van der Waals surface area contributed by atoms with Crippen molar-refractivity contribution >= 4 is 17.7 Å². The standard InChI is InChI=1S/C13H22O5/c1-5-10(4)8-17-12(15)6-11(14)13(16)18-7-9(2)3/h9-10H,5-8H2,1-4H3. The van der Waals surface area contributed by atoms with Crippen molar-refractivity contribution in [1.82, 2.24) is 0 Å². The highest BCUT2D eigenvalue weighted by molar-refractivity contribution is 6.36. The molecule has 0 heterocycles. The minimum absolute atomic E-state index is 0.152. The molecule has 0 bridgehead atoms. The van der Waals surface area contributed by atoms with Gasteiger partial charge in [-0.05, 0) is 11.8 Å². The number of ketones is 1. The normalized spacial score (nSPS) is 12.1. The lowest BCUT2D eigenvalue weighted by Crippen LogP contribution is -2.24. The number of hydrogen-bond acceptors (Lipinski definition) is 5. The second-order valence-electron chi connectivity index (χ2n) is 4.79. The van der Waals surface area contributed by atoms with Crippen LogP contribution in [0.3, 0.4) is 0 Å². The smallest absolute Gasteiger partial charge is 0.375 e. The first-order valence-corrected chi connectivity index (χ1v) is 6.22. The average molecular weight is 258 g/mol. The molecule has 0 saturated carbocycles. The molecule has 0 saturated heterocycles. The summed E-state index contributed by atoms with van der Waals surface area (Å²) in [7, 11) is 0. The summed E-state index contributed by atoms with van der Waals surface area (Å²) in [5.74, 6) is -2.10. The van der Waals surface area contributed by atoms with Gasteiger partial charge in [0, 0.05) is 0 Å². The summed E-state index contributed by atoms with van der Waals surface area (Å²) in [4.78, 5) is 33.8. The molecule has 0 fully saturated rings. The van der Waals surface area contributed by atoms with Crippen LogP contribution in [0, 0.1) is 11.8 Å². The molecule has 0 aliphatic carbocycles. The Morgan fingerprint density at radius 1 is 1.00 bits per heavy atom. The Hall–Kier alpha value is -1.39. The Kier molecular flexibility index (Phi) is 8.00. The number of esters is 2. The van der Waals surface area contributed by atoms with E-state index in [0.717, 1.165) is 6.42 Å². The zero-order valence-corrected chi connectivity index (χ0v) is 11.5. The van der Waals surface area contributed by atoms with Gasteiger partial charge in [0.2, 0.25) is 0 Å². The van der Waals surface area contributed by atoms with Crippen LogP contribution in [0.1, 0.15) is 40.5 Å². The predicted octanol–water partition coefficient (Wildman–Crippen LogP) is 1.73. The van der Waals surface area contributed by atoms with E-state index in [1.54, 1.807) is 0 Å². The lowest BCUT2D eigenvalue weighted by atomic mass is 10.1. The average Bonchev–Trinajstić information content (AvgIpc) is 2.32. The molecule has 0 spiro atoms. The molecule has 0 aliphatic heterocycles. The monoisotopic (exact) mass is 258 g/mol. The van der Waals surface area contributed by atoms with E-state index in [1.165, 1.54) is 0 Å². The Labute approximate surface area is 108 Å². The third-order valence-corrected chi connectivity index (χ3v) is 2.31. The summed E-state index contributed by atoms with van der Waals surface area (Å²) < 4.78 is 9.59. The first kappa shape index (κ1) is 16.6. The van der Waals surface area contributed by atoms with Crippen molar-refractivity contribution in [2.24, 2.45) is 11.8 Å². The molecule has 0 aromatic carbocycles. The van der Waals surface area contributed by atoms with Crippen LogP contribution in [0.15, 0.2) is 0 Å². The second kappa shape index (κ2) is 8.66. The van der Waals surface area contributed by atoms with Crippen LogP contribution in [0.25, 0.3) is 0 Å². The van der Waals surface area contributed by atoms with Gasteiger partial charge in [-0.15, -0.1) is 0 Å². The van der Waals surface area contributed by atoms with Gasteiger partial charge in [0.15, 0.2) is 0 Å². The third-order valence-electron chi connectivity index (χ3n) is 2.31. The maximum absolute atomic E-state index is 11.3. The van der Waals surface area contributed by atoms with E-state index in [1.807, 2.05) is 27.7 Å². The molecule has 0 rings (SSSR count). The van der Waals surface area contributed by atoms with E-state index < -0.39 is 24.1 Å². The lowest BCUT2D eigenvalue weighted by molar-refractivity contribution is -0.158. The third kappa shape index (κ3) is 7.81. The molecule has 1 atom stereocenters. The van der Waals surface area contributed by atoms with Crippen LogP contribution in [0.5, 0.6) is 0 Å². The molecule has 0 aliphatic rings. The molecule has 0 aromatic rings. The van der Waals surface area contributed by atoms with Crippen molar-refractivity contribution < 1.29 is 23.9 Å². The van der Waals surface area contributed by atoms with E-state index in [-0.39, 0.29) is 25.0 Å². The zero-order valence-electron chi connectivity index (χ0n) is 11.5. The summed E-state index contributed by atoms with van der Waals surface area (Å²) in [6, 6.07) is 0. The van der Waals surface area contributed by atoms with Crippen molar-refractivity contribution in [3.05, 3.63) is 0 Å². The van der Waals surface area contributed by atoms with Gasteiger partial charge >= 0.3 is 11.9 Å². The van der Waals surface area contributed by atoms with Crippen molar-refractivity contribution in [1.29, 1.82) is 0 Å². The zero-order chi connectivity index (χ0) is 14.1. The molecule has 0 aromatic heterocycles. The lowest BCUT2D eigenvalue weighted by Gasteiger charge is -2.09. The molecule has 5 heteroatoms. The van der Waals surface area contributed by atoms with E-state index >= 15 is 0 Å². The van der Waals surface area contributed by atoms with Gasteiger partial charge in [-0.2, -0.15) is 0 Å². The number of hydrogen-bond donors (Lipinski definition) is 0. The van der Waals surface area contributed by atoms with Gasteiger partial charge in [0.25, 0.3) is 5.78 Å². The largest absolute Gasteiger partial charge is 0.465 e. The van der Waals surface area contributed by atoms with Crippen LogP contribution in [-0.2, 0) is 23.9 Å². The number of Topliss-reactive ketones (excluding diaryl/α,β-unsaturated/α-hetero) is 1. The fourth-order valence-electron chi connectivity index (χ4n) is 0.930. The fraction of sp³-hybridized carbons (Fsp3) is 0.769. The minimum Gasteiger partial charge on any atom is -0.465 e. The molecule has 1 unspecified atom stereocenters. The van der Waals surface area contributed by atoms with Crippen molar-refractivity contribution in [3.63, 3.8) is 0 Å². The summed E-state index contributed by atoms with van der Waals surface area (Å²) in [6.45, 7) is 8.07. The van der Waals surface area contributed by atoms with Crippen LogP contribution in [-0.4, -0.2) is 30.9 Å². The Morgan fingerprint density at radius 2 is 1.61 bits per heavy atom. The molecule has 0 N–H and O–H groups in total. The highest BCUT2D eigenvalue weighted by Gasteiger charge is 2.20. The molecule has 5 nitrogen and oxygen atoms in total. The van der Waals surface area contributed by atoms with Crippen molar-refractivity contribution in [2.75, 3.05) is 13.2 Å². The van der Waals surface area contributed by atoms with Gasteiger partial charge in [-0.1, -0.05) is 34.1 Å². The van der Waals surface area contributed by atoms with Gasteiger partial charge < -0.3 is 9.47 Å². The van der Waals surface area contributed by atoms with E-state index in [4.69, 9.17) is 9.47 Å². The number of ether oxygens (including phenoxy) is 2. The predicted molar refractivity (Wildman–Crippen MR) is 65.8 cm³/mol. The fourth-order valence-corrected chi connectivity index (χ4v) is 0.930. The Bertz CT molecular complexity index is 296. The number of carbonyl (C=O) groups excluding carboxylic acids is 3. The van der Waals surface area contributed by atoms with E-state index in [9.17, 15) is 14.4 Å². The SMILES string of the molecule is CCC(C)COC(=O)CC(=O)C(=O)OCC(C)C. The molecule has 0 radical (unpaired) electrons. The van der Waals surface area contributed by atoms with Crippen LogP contribution in [0.2, 0.25) is 0 Å². The first-order chi connectivity index (χ1) is 8.36. The maximum atomic E-state index is 11.3. The summed E-state index contributed by atoms with van der Waals surface area (Å²) >= 11 is 0. The Morgan fingerprint density at radius 3 is 2.11 bits per heavy atom. The molecule has 0 amide bonds. The van der Waals surface area contributed by atoms with Crippen molar-refractivity contribution in [2.45, 2.75) is 40.5 Å². The number of carbonyl (C=O) groups is 3. The number of rotatable bonds is 8. The molecule has 104 valence electrons. The van der Waals surface area contributed by atoms with Crippen LogP contribution in [0.4, 0.5) is 0 Å². The highest BCUT2D eigenvalue weighted by Crippen LogP contribution is 2.02. The minimum atomic E-state index is -0.968. The first-order valence-electron chi connectivity index (χ1n) is 6.22. The van der Waals surface area contributed by atoms with Crippen molar-refractivity contribution in [3.8, 4) is 0 Å². The van der Waals surface area contributed by atoms with Gasteiger partial charge in [-0.25, -0.2) is 4.79 Å². The van der Waals surface area contributed by atoms with Gasteiger partial charge in [-0.3, -0.25) is 9.59 Å². The molecular formula is C13H22O5. The quantitative estimate of drug-likeness (QED) is 0.377. The van der Waals surface area contributed by atoms with E-state index in [2.05, 4.69) is 0 Å². The van der Waals surface area contributed by atoms with E-state index in [0.29, 0.717) is 0 Å². The summed E-state index contributed by atoms with van der Waals surface area (Å²) in [6.07, 6.45) is 0.338. The summed E-state index contributed by atoms with van der Waals surface area (Å²) in [5, 5.41) is 0. The van der Waals surface area contributed by atoms with Crippen LogP contribution < -0.4 is 0 Å². The topological polar surface area (TPSA) is 69.7 Å². The molecular weight excluding hydrogens is 236 g/mol. The highest BCUT2D eigenvalue weighted by atomic mass is 16.5. The second-order valence-corrected chi connectivity index (χ2v) is 4.79. The van der Waals surface area contributed by atoms with Crippen LogP contribution >= 0.6 is 0 Å². The van der Waals surface area contributed by atoms with Gasteiger partial charge in [0.05, 0.1) is 13.2 Å². The Balaban J connectivity index is 3.92. The molecule has 18 heavy (non-hydrogen) atoms. The summed E-state index contributed by atoms with van der Waals surface area (Å²) in [5.41, 5.74) is 0. The van der Waals surface area contributed by atoms with Gasteiger partial charge in [0.1, 0.15) is 6.42 Å².